The van der Waals surface area contributed by atoms with Crippen LogP contribution in [0.3, 0.4) is 0 Å². The maximum Gasteiger partial charge on any atom is 0.489 e. The van der Waals surface area contributed by atoms with Crippen molar-refractivity contribution in [2.75, 3.05) is 5.32 Å². The highest BCUT2D eigenvalue weighted by atomic mass is 19.5. The summed E-state index contributed by atoms with van der Waals surface area (Å²) in [6.07, 6.45) is -16.9. The van der Waals surface area contributed by atoms with Crippen LogP contribution in [0, 0.1) is 0 Å². The molecule has 0 fully saturated rings. The van der Waals surface area contributed by atoms with E-state index in [1.54, 1.807) is 0 Å². The van der Waals surface area contributed by atoms with Gasteiger partial charge in [-0.1, -0.05) is 12.1 Å². The minimum Gasteiger partial charge on any atom is -0.423 e. The Labute approximate surface area is 379 Å². The Hall–Kier alpha value is -4.27. The predicted octanol–water partition coefficient (Wildman–Crippen LogP) is 12.8. The first-order valence-corrected chi connectivity index (χ1v) is 16.6. The van der Waals surface area contributed by atoms with E-state index in [0.29, 0.717) is 0 Å². The number of hydrogen-bond acceptors (Lipinski definition) is 3. The van der Waals surface area contributed by atoms with E-state index in [-0.39, 0.29) is 5.32 Å². The molecule has 1 rings (SSSR count). The fraction of sp³-hybridized carbons (Fsp3) is 0.750. The highest BCUT2D eigenvalue weighted by Crippen LogP contribution is 2.70. The summed E-state index contributed by atoms with van der Waals surface area (Å²) < 4.78 is 588. The van der Waals surface area contributed by atoms with Gasteiger partial charge in [0, 0.05) is 6.92 Å². The van der Waals surface area contributed by atoms with Crippen molar-refractivity contribution in [2.45, 2.75) is 126 Å². The Morgan fingerprint density at radius 3 is 0.733 bits per heavy atom. The first kappa shape index (κ1) is 68.7. The van der Waals surface area contributed by atoms with E-state index in [1.165, 1.54) is 0 Å². The second-order valence-electron chi connectivity index (χ2n) is 14.3. The normalized spacial score (nSPS) is 16.4. The zero-order chi connectivity index (χ0) is 61.6. The second-order valence-corrected chi connectivity index (χ2v) is 14.3. The molecule has 0 bridgehead atoms. The van der Waals surface area contributed by atoms with Crippen LogP contribution >= 0.6 is 0 Å². The Balaban J connectivity index is 4.62. The summed E-state index contributed by atoms with van der Waals surface area (Å²) in [5.74, 6) is -176. The quantitative estimate of drug-likeness (QED) is 0.0900. The molecule has 0 saturated carbocycles. The molecule has 1 amide bonds. The minimum absolute atomic E-state index is 0.271. The van der Waals surface area contributed by atoms with Crippen LogP contribution in [-0.4, -0.2) is 130 Å². The summed E-state index contributed by atoms with van der Waals surface area (Å²) >= 11 is 0. The molecule has 0 unspecified atom stereocenters. The van der Waals surface area contributed by atoms with Crippen molar-refractivity contribution >= 4 is 24.2 Å². The van der Waals surface area contributed by atoms with Gasteiger partial charge in [-0.05, 0) is 5.46 Å². The number of alkyl halides is 42. The average molecular weight is 1220 g/mol. The van der Waals surface area contributed by atoms with E-state index in [1.807, 2.05) is 0 Å². The van der Waals surface area contributed by atoms with Crippen molar-refractivity contribution in [3.05, 3.63) is 23.3 Å². The molecular weight excluding hydrogens is 1210 g/mol. The Morgan fingerprint density at radius 1 is 0.333 bits per heavy atom. The smallest absolute Gasteiger partial charge is 0.423 e. The maximum absolute atomic E-state index is 15.6. The highest BCUT2D eigenvalue weighted by Gasteiger charge is 3.00. The van der Waals surface area contributed by atoms with Crippen molar-refractivity contribution in [1.29, 1.82) is 0 Å². The van der Waals surface area contributed by atoms with Gasteiger partial charge in [0.1, 0.15) is 0 Å². The zero-order valence-corrected chi connectivity index (χ0v) is 32.9. The number of nitrogens with one attached hydrogen (secondary N) is 1. The molecule has 0 heterocycles. The summed E-state index contributed by atoms with van der Waals surface area (Å²) in [6, 6.07) is -3.65. The zero-order valence-electron chi connectivity index (χ0n) is 32.9. The van der Waals surface area contributed by atoms with Crippen LogP contribution in [0.2, 0.25) is 0 Å². The number of rotatable bonds is 20. The molecule has 4 nitrogen and oxygen atoms in total. The van der Waals surface area contributed by atoms with Crippen molar-refractivity contribution in [3.63, 3.8) is 0 Å². The van der Waals surface area contributed by atoms with Crippen LogP contribution in [0.4, 0.5) is 190 Å². The molecule has 0 aliphatic rings. The average Bonchev–Trinajstić information content (AvgIpc) is 3.17. The lowest BCUT2D eigenvalue weighted by molar-refractivity contribution is -0.475. The van der Waals surface area contributed by atoms with Crippen LogP contribution in [0.5, 0.6) is 0 Å². The third-order valence-electron chi connectivity index (χ3n) is 9.49. The fourth-order valence-corrected chi connectivity index (χ4v) is 5.18. The molecule has 3 N–H and O–H groups in total. The number of carbonyl (C=O) groups excluding carboxylic acids is 1. The SMILES string of the molecule is CC(=O)Nc1c(C(F)(F)C(F)(F)C(F)(F)C(F)(F)C(F)(F)C(F)(F)C(F)(F)C(F)(F)C(F)(F)C(F)(F)F)ccc(B(O)O)c1C(F)(F)C(F)(F)C(F)(F)C(F)(F)C(F)(F)C(F)(F)C(F)(F)C(F)(F)C(F)(F)C(F)(F)F. The molecule has 0 aromatic heterocycles. The molecule has 440 valence electrons. The molecule has 0 saturated heterocycles. The predicted molar refractivity (Wildman–Crippen MR) is 150 cm³/mol. The van der Waals surface area contributed by atoms with Gasteiger partial charge in [-0.15, -0.1) is 0 Å². The van der Waals surface area contributed by atoms with E-state index < -0.39 is 173 Å². The van der Waals surface area contributed by atoms with Gasteiger partial charge in [-0.2, -0.15) is 184 Å². The monoisotopic (exact) mass is 1210 g/mol. The van der Waals surface area contributed by atoms with Gasteiger partial charge in [-0.3, -0.25) is 4.79 Å². The largest absolute Gasteiger partial charge is 0.489 e. The van der Waals surface area contributed by atoms with Crippen molar-refractivity contribution in [1.82, 2.24) is 0 Å². The molecule has 1 aromatic carbocycles. The third kappa shape index (κ3) is 8.44. The molecule has 47 heteroatoms. The van der Waals surface area contributed by atoms with Gasteiger partial charge in [-0.25, -0.2) is 0 Å². The maximum atomic E-state index is 15.6. The van der Waals surface area contributed by atoms with Gasteiger partial charge < -0.3 is 15.4 Å². The van der Waals surface area contributed by atoms with Crippen molar-refractivity contribution < 1.29 is 199 Å². The lowest BCUT2D eigenvalue weighted by Gasteiger charge is -2.45. The van der Waals surface area contributed by atoms with Gasteiger partial charge in [0.15, 0.2) is 0 Å². The van der Waals surface area contributed by atoms with Gasteiger partial charge in [0.25, 0.3) is 0 Å². The molecule has 0 spiro atoms. The summed E-state index contributed by atoms with van der Waals surface area (Å²) in [4.78, 5) is 11.6. The van der Waals surface area contributed by atoms with E-state index in [9.17, 15) is 173 Å². The number of carbonyl (C=O) groups is 1. The molecule has 0 aliphatic carbocycles. The van der Waals surface area contributed by atoms with Gasteiger partial charge >= 0.3 is 126 Å². The fourth-order valence-electron chi connectivity index (χ4n) is 5.18. The number of halogens is 42. The molecule has 0 atom stereocenters. The Kier molecular flexibility index (Phi) is 16.2. The third-order valence-corrected chi connectivity index (χ3v) is 9.49. The van der Waals surface area contributed by atoms with Crippen LogP contribution in [0.15, 0.2) is 12.1 Å². The summed E-state index contributed by atoms with van der Waals surface area (Å²) in [6.45, 7) is -0.685. The minimum atomic E-state index is -10.1. The van der Waals surface area contributed by atoms with E-state index >= 15 is 26.3 Å². The van der Waals surface area contributed by atoms with Crippen LogP contribution in [-0.2, 0) is 16.6 Å². The van der Waals surface area contributed by atoms with Crippen molar-refractivity contribution in [2.24, 2.45) is 0 Å². The summed E-state index contributed by atoms with van der Waals surface area (Å²) in [5.41, 5.74) is -17.5. The standard InChI is InChI=1S/C28H8BF42NO3/c1-4(73)72-8-5(9(30,31)11(34,35)13(38,39)15(42,43)17(46,47)19(50,51)21(54,55)23(58,59)25(62,63)27(66,67)68)2-3-6(29(74)75)7(8)10(32,33)12(36,37)14(40,41)16(44,45)18(48,49)20(52,53)22(56,57)24(60,61)26(64,65)28(69,70)71/h2-3,74-75H,1H3,(H,72,73). The second kappa shape index (κ2) is 17.6. The van der Waals surface area contributed by atoms with Crippen LogP contribution in [0.25, 0.3) is 0 Å². The number of amides is 1. The van der Waals surface area contributed by atoms with Gasteiger partial charge in [0.05, 0.1) is 16.8 Å². The first-order valence-electron chi connectivity index (χ1n) is 16.6. The topological polar surface area (TPSA) is 69.6 Å². The molecule has 75 heavy (non-hydrogen) atoms. The molecular formula is C28H8BF42NO3. The van der Waals surface area contributed by atoms with E-state index in [0.717, 1.165) is 0 Å². The van der Waals surface area contributed by atoms with Crippen LogP contribution < -0.4 is 10.8 Å². The summed E-state index contributed by atoms with van der Waals surface area (Å²) in [5, 5.41) is 18.2. The van der Waals surface area contributed by atoms with Crippen LogP contribution in [0.1, 0.15) is 18.1 Å². The number of benzene rings is 1. The van der Waals surface area contributed by atoms with Crippen molar-refractivity contribution in [3.8, 4) is 0 Å². The first-order chi connectivity index (χ1) is 31.9. The lowest BCUT2D eigenvalue weighted by Crippen LogP contribution is -2.76. The number of hydrogen-bond donors (Lipinski definition) is 3. The lowest BCUT2D eigenvalue weighted by atomic mass is 9.71. The highest BCUT2D eigenvalue weighted by molar-refractivity contribution is 6.59. The molecule has 0 aliphatic heterocycles. The van der Waals surface area contributed by atoms with E-state index in [2.05, 4.69) is 0 Å². The Bertz CT molecular complexity index is 2290. The molecule has 0 radical (unpaired) electrons. The molecule has 1 aromatic rings. The van der Waals surface area contributed by atoms with Gasteiger partial charge in [0.2, 0.25) is 5.91 Å². The summed E-state index contributed by atoms with van der Waals surface area (Å²) in [7, 11) is -4.76. The van der Waals surface area contributed by atoms with E-state index in [4.69, 9.17) is 0 Å². The number of anilines is 1. The Morgan fingerprint density at radius 2 is 0.533 bits per heavy atom.